The van der Waals surface area contributed by atoms with Crippen LogP contribution in [0.4, 0.5) is 0 Å². The van der Waals surface area contributed by atoms with Crippen molar-refractivity contribution >= 4 is 5.91 Å². The smallest absolute Gasteiger partial charge is 0.316 e. The van der Waals surface area contributed by atoms with Crippen LogP contribution in [0, 0.1) is 6.92 Å². The lowest BCUT2D eigenvalue weighted by Gasteiger charge is -2.28. The Labute approximate surface area is 186 Å². The van der Waals surface area contributed by atoms with Gasteiger partial charge in [-0.1, -0.05) is 12.1 Å². The van der Waals surface area contributed by atoms with Gasteiger partial charge in [-0.3, -0.25) is 4.79 Å². The molecule has 0 bridgehead atoms. The molecule has 0 saturated heterocycles. The summed E-state index contributed by atoms with van der Waals surface area (Å²) in [4.78, 5) is 29.7. The molecule has 0 spiro atoms. The van der Waals surface area contributed by atoms with Crippen LogP contribution in [0.5, 0.6) is 17.8 Å². The van der Waals surface area contributed by atoms with E-state index in [4.69, 9.17) is 14.2 Å². The number of hydrogen-bond acceptors (Lipinski definition) is 8. The zero-order chi connectivity index (χ0) is 22.7. The minimum Gasteiger partial charge on any atom is -0.491 e. The van der Waals surface area contributed by atoms with Gasteiger partial charge in [-0.05, 0) is 32.4 Å². The van der Waals surface area contributed by atoms with E-state index >= 15 is 0 Å². The summed E-state index contributed by atoms with van der Waals surface area (Å²) in [5, 5.41) is 3.04. The van der Waals surface area contributed by atoms with Crippen molar-refractivity contribution in [2.24, 2.45) is 0 Å². The third-order valence-corrected chi connectivity index (χ3v) is 5.02. The molecule has 0 fully saturated rings. The van der Waals surface area contributed by atoms with Crippen molar-refractivity contribution in [1.82, 2.24) is 25.3 Å². The fourth-order valence-electron chi connectivity index (χ4n) is 3.53. The standard InChI is InChI=1S/C23H25N5O4/c1-13(2)32-23-26-11-19(14(3)27-23)21(29)28-16-8-18-17(6-5-7-20(18)31-12-16)15-9-24-22(30-4)25-10-15/h5-7,9-11,13,16H,8,12H2,1-4H3,(H,28,29)/t16-/m0/s1. The molecule has 0 aliphatic carbocycles. The summed E-state index contributed by atoms with van der Waals surface area (Å²) in [5.41, 5.74) is 3.76. The molecule has 9 heteroatoms. The van der Waals surface area contributed by atoms with Crippen molar-refractivity contribution in [3.05, 3.63) is 53.6 Å². The topological polar surface area (TPSA) is 108 Å². The van der Waals surface area contributed by atoms with Gasteiger partial charge in [0.15, 0.2) is 0 Å². The molecule has 1 atom stereocenters. The molecular weight excluding hydrogens is 410 g/mol. The number of fused-ring (bicyclic) bond motifs is 1. The number of hydrogen-bond donors (Lipinski definition) is 1. The molecule has 1 aliphatic rings. The SMILES string of the molecule is COc1ncc(-c2cccc3c2C[C@H](NC(=O)c2cnc(OC(C)C)nc2C)CO3)cn1. The minimum atomic E-state index is -0.249. The van der Waals surface area contributed by atoms with Crippen LogP contribution in [0.3, 0.4) is 0 Å². The second-order valence-electron chi connectivity index (χ2n) is 7.74. The lowest BCUT2D eigenvalue weighted by atomic mass is 9.94. The van der Waals surface area contributed by atoms with E-state index in [1.807, 2.05) is 32.0 Å². The molecule has 1 N–H and O–H groups in total. The van der Waals surface area contributed by atoms with Gasteiger partial charge < -0.3 is 19.5 Å². The maximum atomic E-state index is 12.9. The van der Waals surface area contributed by atoms with E-state index in [9.17, 15) is 4.79 Å². The van der Waals surface area contributed by atoms with Gasteiger partial charge in [0.2, 0.25) is 0 Å². The zero-order valence-electron chi connectivity index (χ0n) is 18.5. The number of aromatic nitrogens is 4. The highest BCUT2D eigenvalue weighted by molar-refractivity contribution is 5.95. The fourth-order valence-corrected chi connectivity index (χ4v) is 3.53. The first-order valence-corrected chi connectivity index (χ1v) is 10.4. The fraction of sp³-hybridized carbons (Fsp3) is 0.348. The number of ether oxygens (including phenoxy) is 3. The Kier molecular flexibility index (Phi) is 6.16. The Balaban J connectivity index is 1.51. The number of nitrogens with zero attached hydrogens (tertiary/aromatic N) is 4. The summed E-state index contributed by atoms with van der Waals surface area (Å²) in [6, 6.07) is 6.20. The van der Waals surface area contributed by atoms with E-state index in [-0.39, 0.29) is 24.1 Å². The minimum absolute atomic E-state index is 0.0428. The molecule has 0 unspecified atom stereocenters. The normalized spacial score (nSPS) is 15.0. The third-order valence-electron chi connectivity index (χ3n) is 5.02. The number of rotatable bonds is 6. The van der Waals surface area contributed by atoms with Crippen LogP contribution in [0.2, 0.25) is 0 Å². The van der Waals surface area contributed by atoms with Crippen LogP contribution < -0.4 is 19.5 Å². The maximum absolute atomic E-state index is 12.9. The highest BCUT2D eigenvalue weighted by Gasteiger charge is 2.25. The molecular formula is C23H25N5O4. The molecule has 0 radical (unpaired) electrons. The van der Waals surface area contributed by atoms with Gasteiger partial charge in [0.1, 0.15) is 12.4 Å². The van der Waals surface area contributed by atoms with Gasteiger partial charge >= 0.3 is 12.0 Å². The van der Waals surface area contributed by atoms with Crippen LogP contribution in [0.1, 0.15) is 35.5 Å². The molecule has 32 heavy (non-hydrogen) atoms. The van der Waals surface area contributed by atoms with Crippen molar-refractivity contribution in [3.8, 4) is 28.9 Å². The zero-order valence-corrected chi connectivity index (χ0v) is 18.5. The molecule has 3 aromatic rings. The molecule has 0 saturated carbocycles. The van der Waals surface area contributed by atoms with E-state index in [1.165, 1.54) is 13.3 Å². The second-order valence-corrected chi connectivity index (χ2v) is 7.74. The van der Waals surface area contributed by atoms with Crippen molar-refractivity contribution in [2.75, 3.05) is 13.7 Å². The first-order chi connectivity index (χ1) is 15.4. The Morgan fingerprint density at radius 2 is 1.91 bits per heavy atom. The van der Waals surface area contributed by atoms with E-state index < -0.39 is 0 Å². The molecule has 1 amide bonds. The van der Waals surface area contributed by atoms with Crippen LogP contribution in [0.25, 0.3) is 11.1 Å². The van der Waals surface area contributed by atoms with Crippen LogP contribution in [-0.2, 0) is 6.42 Å². The monoisotopic (exact) mass is 435 g/mol. The second kappa shape index (κ2) is 9.17. The van der Waals surface area contributed by atoms with Crippen molar-refractivity contribution in [3.63, 3.8) is 0 Å². The van der Waals surface area contributed by atoms with Gasteiger partial charge in [-0.2, -0.15) is 4.98 Å². The number of benzene rings is 1. The molecule has 1 aromatic carbocycles. The summed E-state index contributed by atoms with van der Waals surface area (Å²) < 4.78 is 16.5. The van der Waals surface area contributed by atoms with Gasteiger partial charge in [-0.15, -0.1) is 0 Å². The van der Waals surface area contributed by atoms with Crippen LogP contribution >= 0.6 is 0 Å². The number of carbonyl (C=O) groups excluding carboxylic acids is 1. The van der Waals surface area contributed by atoms with E-state index in [0.29, 0.717) is 30.3 Å². The maximum Gasteiger partial charge on any atom is 0.316 e. The highest BCUT2D eigenvalue weighted by atomic mass is 16.5. The van der Waals surface area contributed by atoms with Gasteiger partial charge in [-0.25, -0.2) is 15.0 Å². The highest BCUT2D eigenvalue weighted by Crippen LogP contribution is 2.34. The molecule has 3 heterocycles. The largest absolute Gasteiger partial charge is 0.491 e. The Hall–Kier alpha value is -3.75. The van der Waals surface area contributed by atoms with Crippen molar-refractivity contribution < 1.29 is 19.0 Å². The summed E-state index contributed by atoms with van der Waals surface area (Å²) in [7, 11) is 1.53. The van der Waals surface area contributed by atoms with Crippen molar-refractivity contribution in [2.45, 2.75) is 39.3 Å². The third kappa shape index (κ3) is 4.61. The Morgan fingerprint density at radius 1 is 1.16 bits per heavy atom. The Morgan fingerprint density at radius 3 is 2.59 bits per heavy atom. The predicted molar refractivity (Wildman–Crippen MR) is 117 cm³/mol. The predicted octanol–water partition coefficient (Wildman–Crippen LogP) is 2.77. The Bertz CT molecular complexity index is 1120. The van der Waals surface area contributed by atoms with Gasteiger partial charge in [0, 0.05) is 36.1 Å². The molecule has 2 aromatic heterocycles. The lowest BCUT2D eigenvalue weighted by molar-refractivity contribution is 0.0913. The molecule has 9 nitrogen and oxygen atoms in total. The summed E-state index contributed by atoms with van der Waals surface area (Å²) in [6.45, 7) is 5.92. The summed E-state index contributed by atoms with van der Waals surface area (Å²) >= 11 is 0. The molecule has 1 aliphatic heterocycles. The molecule has 4 rings (SSSR count). The van der Waals surface area contributed by atoms with E-state index in [1.54, 1.807) is 19.3 Å². The number of amides is 1. The average molecular weight is 435 g/mol. The lowest BCUT2D eigenvalue weighted by Crippen LogP contribution is -2.43. The van der Waals surface area contributed by atoms with Crippen molar-refractivity contribution in [1.29, 1.82) is 0 Å². The van der Waals surface area contributed by atoms with Crippen LogP contribution in [-0.4, -0.2) is 51.7 Å². The number of nitrogens with one attached hydrogen (secondary N) is 1. The summed E-state index contributed by atoms with van der Waals surface area (Å²) in [5.74, 6) is 0.541. The number of aryl methyl sites for hydroxylation is 1. The molecule has 166 valence electrons. The van der Waals surface area contributed by atoms with Gasteiger partial charge in [0.25, 0.3) is 5.91 Å². The quantitative estimate of drug-likeness (QED) is 0.630. The van der Waals surface area contributed by atoms with Gasteiger partial charge in [0.05, 0.1) is 30.5 Å². The number of carbonyl (C=O) groups is 1. The average Bonchev–Trinajstić information content (AvgIpc) is 2.78. The first-order valence-electron chi connectivity index (χ1n) is 10.4. The summed E-state index contributed by atoms with van der Waals surface area (Å²) in [6.07, 6.45) is 5.49. The van der Waals surface area contributed by atoms with Crippen LogP contribution in [0.15, 0.2) is 36.8 Å². The van der Waals surface area contributed by atoms with E-state index in [0.717, 1.165) is 22.4 Å². The van der Waals surface area contributed by atoms with E-state index in [2.05, 4.69) is 25.3 Å². The first kappa shape index (κ1) is 21.5. The number of methoxy groups -OCH3 is 1.